The molecule has 7 nitrogen and oxygen atoms in total. The van der Waals surface area contributed by atoms with Crippen LogP contribution >= 0.6 is 11.6 Å². The van der Waals surface area contributed by atoms with Gasteiger partial charge in [-0.1, -0.05) is 11.6 Å². The first kappa shape index (κ1) is 14.5. The minimum atomic E-state index is -0.501. The standard InChI is InChI=1S/C14H12ClN3O4/c1-21-11-6-9(18(19)20)4-5-10(11)22-13-7-12(15)16-14(17-13)8-2-3-8/h4-8H,2-3H2,1H3. The van der Waals surface area contributed by atoms with Crippen molar-refractivity contribution in [2.75, 3.05) is 7.11 Å². The van der Waals surface area contributed by atoms with E-state index in [1.54, 1.807) is 0 Å². The minimum absolute atomic E-state index is 0.0800. The molecular weight excluding hydrogens is 310 g/mol. The Kier molecular flexibility index (Phi) is 3.81. The molecule has 0 spiro atoms. The zero-order valence-corrected chi connectivity index (χ0v) is 12.4. The Bertz CT molecular complexity index is 734. The average Bonchev–Trinajstić information content (AvgIpc) is 3.31. The fourth-order valence-electron chi connectivity index (χ4n) is 1.96. The molecule has 0 amide bonds. The van der Waals surface area contributed by atoms with Crippen molar-refractivity contribution in [1.29, 1.82) is 0 Å². The van der Waals surface area contributed by atoms with Crippen LogP contribution in [0.5, 0.6) is 17.4 Å². The summed E-state index contributed by atoms with van der Waals surface area (Å²) in [6.07, 6.45) is 2.08. The van der Waals surface area contributed by atoms with Crippen LogP contribution in [-0.2, 0) is 0 Å². The average molecular weight is 322 g/mol. The minimum Gasteiger partial charge on any atom is -0.493 e. The van der Waals surface area contributed by atoms with Gasteiger partial charge in [0.25, 0.3) is 5.69 Å². The van der Waals surface area contributed by atoms with Crippen molar-refractivity contribution < 1.29 is 14.4 Å². The highest BCUT2D eigenvalue weighted by Gasteiger charge is 2.27. The zero-order chi connectivity index (χ0) is 15.7. The Labute approximate surface area is 131 Å². The van der Waals surface area contributed by atoms with Crippen molar-refractivity contribution in [2.24, 2.45) is 0 Å². The second-order valence-corrected chi connectivity index (χ2v) is 5.24. The van der Waals surface area contributed by atoms with E-state index < -0.39 is 4.92 Å². The molecule has 8 heteroatoms. The number of halogens is 1. The molecule has 22 heavy (non-hydrogen) atoms. The molecule has 1 aliphatic carbocycles. The second-order valence-electron chi connectivity index (χ2n) is 4.86. The first-order valence-electron chi connectivity index (χ1n) is 6.61. The Morgan fingerprint density at radius 3 is 2.68 bits per heavy atom. The number of ether oxygens (including phenoxy) is 2. The maximum atomic E-state index is 10.8. The number of benzene rings is 1. The predicted molar refractivity (Wildman–Crippen MR) is 78.7 cm³/mol. The Morgan fingerprint density at radius 1 is 1.27 bits per heavy atom. The number of hydrogen-bond donors (Lipinski definition) is 0. The Balaban J connectivity index is 1.90. The monoisotopic (exact) mass is 321 g/mol. The second kappa shape index (κ2) is 5.76. The van der Waals surface area contributed by atoms with Crippen LogP contribution in [-0.4, -0.2) is 22.0 Å². The van der Waals surface area contributed by atoms with Gasteiger partial charge in [-0.15, -0.1) is 0 Å². The fraction of sp³-hybridized carbons (Fsp3) is 0.286. The molecule has 0 N–H and O–H groups in total. The van der Waals surface area contributed by atoms with Crippen molar-refractivity contribution in [3.63, 3.8) is 0 Å². The molecule has 1 aromatic carbocycles. The van der Waals surface area contributed by atoms with Crippen molar-refractivity contribution in [3.05, 3.63) is 45.4 Å². The van der Waals surface area contributed by atoms with Crippen LogP contribution in [0.25, 0.3) is 0 Å². The van der Waals surface area contributed by atoms with Crippen LogP contribution in [0.2, 0.25) is 5.15 Å². The zero-order valence-electron chi connectivity index (χ0n) is 11.7. The molecular formula is C14H12ClN3O4. The summed E-state index contributed by atoms with van der Waals surface area (Å²) in [5.74, 6) is 1.85. The van der Waals surface area contributed by atoms with Crippen molar-refractivity contribution in [2.45, 2.75) is 18.8 Å². The first-order chi connectivity index (χ1) is 10.6. The summed E-state index contributed by atoms with van der Waals surface area (Å²) in [6.45, 7) is 0. The van der Waals surface area contributed by atoms with E-state index >= 15 is 0 Å². The van der Waals surface area contributed by atoms with Crippen LogP contribution in [0.15, 0.2) is 24.3 Å². The van der Waals surface area contributed by atoms with Gasteiger partial charge in [-0.2, -0.15) is 4.98 Å². The number of rotatable bonds is 5. The molecule has 1 aromatic heterocycles. The van der Waals surface area contributed by atoms with Crippen LogP contribution in [0.1, 0.15) is 24.6 Å². The quantitative estimate of drug-likeness (QED) is 0.474. The van der Waals surface area contributed by atoms with Gasteiger partial charge in [-0.3, -0.25) is 10.1 Å². The number of methoxy groups -OCH3 is 1. The third-order valence-electron chi connectivity index (χ3n) is 3.20. The number of nitro groups is 1. The lowest BCUT2D eigenvalue weighted by Crippen LogP contribution is -1.98. The van der Waals surface area contributed by atoms with Gasteiger partial charge >= 0.3 is 0 Å². The third kappa shape index (κ3) is 3.09. The fourth-order valence-corrected chi connectivity index (χ4v) is 2.14. The smallest absolute Gasteiger partial charge is 0.273 e. The lowest BCUT2D eigenvalue weighted by Gasteiger charge is -2.10. The van der Waals surface area contributed by atoms with Gasteiger partial charge in [0, 0.05) is 18.1 Å². The van der Waals surface area contributed by atoms with E-state index in [9.17, 15) is 10.1 Å². The SMILES string of the molecule is COc1cc([N+](=O)[O-])ccc1Oc1cc(Cl)nc(C2CC2)n1. The molecule has 0 radical (unpaired) electrons. The van der Waals surface area contributed by atoms with Crippen LogP contribution < -0.4 is 9.47 Å². The molecule has 114 valence electrons. The topological polar surface area (TPSA) is 87.4 Å². The van der Waals surface area contributed by atoms with E-state index in [0.29, 0.717) is 22.6 Å². The number of hydrogen-bond acceptors (Lipinski definition) is 6. The summed E-state index contributed by atoms with van der Waals surface area (Å²) >= 11 is 5.98. The molecule has 0 aliphatic heterocycles. The summed E-state index contributed by atoms with van der Waals surface area (Å²) in [5, 5.41) is 11.1. The maximum Gasteiger partial charge on any atom is 0.273 e. The highest BCUT2D eigenvalue weighted by molar-refractivity contribution is 6.29. The first-order valence-corrected chi connectivity index (χ1v) is 6.99. The van der Waals surface area contributed by atoms with Gasteiger partial charge in [-0.25, -0.2) is 4.98 Å². The van der Waals surface area contributed by atoms with Crippen molar-refractivity contribution in [3.8, 4) is 17.4 Å². The molecule has 3 rings (SSSR count). The molecule has 1 saturated carbocycles. The largest absolute Gasteiger partial charge is 0.493 e. The highest BCUT2D eigenvalue weighted by Crippen LogP contribution is 2.40. The lowest BCUT2D eigenvalue weighted by molar-refractivity contribution is -0.384. The van der Waals surface area contributed by atoms with Crippen LogP contribution in [0, 0.1) is 10.1 Å². The molecule has 1 aliphatic rings. The summed E-state index contributed by atoms with van der Waals surface area (Å²) in [4.78, 5) is 18.8. The predicted octanol–water partition coefficient (Wildman–Crippen LogP) is 3.72. The molecule has 1 fully saturated rings. The highest BCUT2D eigenvalue weighted by atomic mass is 35.5. The summed E-state index contributed by atoms with van der Waals surface area (Å²) in [7, 11) is 1.41. The van der Waals surface area contributed by atoms with E-state index in [1.807, 2.05) is 0 Å². The number of non-ortho nitro benzene ring substituents is 1. The molecule has 0 bridgehead atoms. The normalized spacial score (nSPS) is 13.7. The van der Waals surface area contributed by atoms with E-state index in [1.165, 1.54) is 31.4 Å². The van der Waals surface area contributed by atoms with E-state index in [4.69, 9.17) is 21.1 Å². The summed E-state index contributed by atoms with van der Waals surface area (Å²) in [6, 6.07) is 5.58. The molecule has 0 saturated heterocycles. The molecule has 1 heterocycles. The van der Waals surface area contributed by atoms with Crippen molar-refractivity contribution in [1.82, 2.24) is 9.97 Å². The number of nitro benzene ring substituents is 1. The molecule has 2 aromatic rings. The van der Waals surface area contributed by atoms with Crippen molar-refractivity contribution >= 4 is 17.3 Å². The van der Waals surface area contributed by atoms with Gasteiger partial charge in [-0.05, 0) is 18.9 Å². The Morgan fingerprint density at radius 2 is 2.05 bits per heavy atom. The van der Waals surface area contributed by atoms with Crippen LogP contribution in [0.4, 0.5) is 5.69 Å². The van der Waals surface area contributed by atoms with Gasteiger partial charge in [0.05, 0.1) is 18.1 Å². The summed E-state index contributed by atoms with van der Waals surface area (Å²) < 4.78 is 10.8. The van der Waals surface area contributed by atoms with E-state index in [0.717, 1.165) is 12.8 Å². The number of aromatic nitrogens is 2. The van der Waals surface area contributed by atoms with Gasteiger partial charge in [0.15, 0.2) is 11.5 Å². The maximum absolute atomic E-state index is 10.8. The van der Waals surface area contributed by atoms with Crippen LogP contribution in [0.3, 0.4) is 0 Å². The van der Waals surface area contributed by atoms with E-state index in [2.05, 4.69) is 9.97 Å². The summed E-state index contributed by atoms with van der Waals surface area (Å²) in [5.41, 5.74) is -0.0800. The van der Waals surface area contributed by atoms with Gasteiger partial charge in [0.2, 0.25) is 5.88 Å². The van der Waals surface area contributed by atoms with E-state index in [-0.39, 0.29) is 17.3 Å². The van der Waals surface area contributed by atoms with Gasteiger partial charge < -0.3 is 9.47 Å². The van der Waals surface area contributed by atoms with Gasteiger partial charge in [0.1, 0.15) is 11.0 Å². The third-order valence-corrected chi connectivity index (χ3v) is 3.40. The number of nitrogens with zero attached hydrogens (tertiary/aromatic N) is 3. The lowest BCUT2D eigenvalue weighted by atomic mass is 10.3. The molecule has 0 atom stereocenters. The molecule has 0 unspecified atom stereocenters. The Hall–Kier alpha value is -2.41.